The van der Waals surface area contributed by atoms with E-state index < -0.39 is 12.5 Å². The van der Waals surface area contributed by atoms with Crippen LogP contribution in [0.1, 0.15) is 15.2 Å². The van der Waals surface area contributed by atoms with E-state index in [1.807, 2.05) is 35.7 Å². The monoisotopic (exact) mass is 375 g/mol. The molecule has 0 saturated heterocycles. The van der Waals surface area contributed by atoms with Gasteiger partial charge in [0, 0.05) is 5.56 Å². The Morgan fingerprint density at radius 3 is 2.58 bits per heavy atom. The SMILES string of the molecule is O=C(Nc1ccccc1OC(F)F)c1cc(COc2ccccc2)cs1. The number of nitrogens with one attached hydrogen (secondary N) is 1. The number of para-hydroxylation sites is 3. The molecule has 26 heavy (non-hydrogen) atoms. The molecule has 3 aromatic rings. The number of anilines is 1. The molecule has 4 nitrogen and oxygen atoms in total. The molecular weight excluding hydrogens is 360 g/mol. The lowest BCUT2D eigenvalue weighted by atomic mass is 10.2. The van der Waals surface area contributed by atoms with Gasteiger partial charge in [0.1, 0.15) is 18.1 Å². The summed E-state index contributed by atoms with van der Waals surface area (Å²) in [6.45, 7) is -2.63. The van der Waals surface area contributed by atoms with Gasteiger partial charge in [-0.3, -0.25) is 4.79 Å². The fourth-order valence-corrected chi connectivity index (χ4v) is 3.00. The first-order valence-corrected chi connectivity index (χ1v) is 8.60. The van der Waals surface area contributed by atoms with E-state index in [1.165, 1.54) is 23.5 Å². The number of halogens is 2. The molecule has 0 aliphatic carbocycles. The number of amides is 1. The van der Waals surface area contributed by atoms with E-state index in [-0.39, 0.29) is 11.4 Å². The molecule has 1 heterocycles. The van der Waals surface area contributed by atoms with Crippen LogP contribution in [0.4, 0.5) is 14.5 Å². The third kappa shape index (κ3) is 4.80. The van der Waals surface area contributed by atoms with E-state index in [4.69, 9.17) is 4.74 Å². The summed E-state index contributed by atoms with van der Waals surface area (Å²) in [4.78, 5) is 12.8. The van der Waals surface area contributed by atoms with Gasteiger partial charge < -0.3 is 14.8 Å². The summed E-state index contributed by atoms with van der Waals surface area (Å²) in [6, 6.07) is 17.1. The molecule has 0 unspecified atom stereocenters. The summed E-state index contributed by atoms with van der Waals surface area (Å²) in [5.74, 6) is 0.258. The minimum atomic E-state index is -2.96. The molecule has 0 radical (unpaired) electrons. The first-order chi connectivity index (χ1) is 12.6. The van der Waals surface area contributed by atoms with Crippen LogP contribution in [-0.4, -0.2) is 12.5 Å². The maximum absolute atomic E-state index is 12.4. The van der Waals surface area contributed by atoms with Crippen molar-refractivity contribution in [3.63, 3.8) is 0 Å². The number of hydrogen-bond acceptors (Lipinski definition) is 4. The maximum atomic E-state index is 12.4. The van der Waals surface area contributed by atoms with Gasteiger partial charge in [-0.15, -0.1) is 11.3 Å². The van der Waals surface area contributed by atoms with Crippen LogP contribution >= 0.6 is 11.3 Å². The maximum Gasteiger partial charge on any atom is 0.387 e. The number of benzene rings is 2. The lowest BCUT2D eigenvalue weighted by molar-refractivity contribution is -0.0493. The number of carbonyl (C=O) groups is 1. The van der Waals surface area contributed by atoms with Crippen LogP contribution in [0.25, 0.3) is 0 Å². The van der Waals surface area contributed by atoms with Gasteiger partial charge in [0.05, 0.1) is 10.6 Å². The number of thiophene rings is 1. The normalized spacial score (nSPS) is 10.6. The second kappa shape index (κ2) is 8.44. The van der Waals surface area contributed by atoms with Gasteiger partial charge in [-0.1, -0.05) is 30.3 Å². The molecule has 3 rings (SSSR count). The lowest BCUT2D eigenvalue weighted by Crippen LogP contribution is -2.12. The quantitative estimate of drug-likeness (QED) is 0.619. The summed E-state index contributed by atoms with van der Waals surface area (Å²) in [6.07, 6.45) is 0. The highest BCUT2D eigenvalue weighted by atomic mass is 32.1. The van der Waals surface area contributed by atoms with E-state index in [0.717, 1.165) is 11.3 Å². The van der Waals surface area contributed by atoms with Crippen LogP contribution in [0.15, 0.2) is 66.0 Å². The van der Waals surface area contributed by atoms with E-state index in [1.54, 1.807) is 18.2 Å². The Bertz CT molecular complexity index is 868. The molecule has 0 bridgehead atoms. The van der Waals surface area contributed by atoms with Gasteiger partial charge >= 0.3 is 6.61 Å². The number of rotatable bonds is 7. The molecule has 0 fully saturated rings. The van der Waals surface area contributed by atoms with Gasteiger partial charge in [0.15, 0.2) is 0 Å². The lowest BCUT2D eigenvalue weighted by Gasteiger charge is -2.10. The Kier molecular flexibility index (Phi) is 5.80. The van der Waals surface area contributed by atoms with Crippen molar-refractivity contribution in [3.8, 4) is 11.5 Å². The Morgan fingerprint density at radius 2 is 1.81 bits per heavy atom. The van der Waals surface area contributed by atoms with Crippen molar-refractivity contribution in [1.82, 2.24) is 0 Å². The zero-order valence-electron chi connectivity index (χ0n) is 13.5. The van der Waals surface area contributed by atoms with E-state index >= 15 is 0 Å². The van der Waals surface area contributed by atoms with E-state index in [9.17, 15) is 13.6 Å². The highest BCUT2D eigenvalue weighted by Crippen LogP contribution is 2.27. The average molecular weight is 375 g/mol. The molecular formula is C19H15F2NO3S. The van der Waals surface area contributed by atoms with Crippen molar-refractivity contribution in [3.05, 3.63) is 76.5 Å². The van der Waals surface area contributed by atoms with Crippen molar-refractivity contribution in [2.45, 2.75) is 13.2 Å². The molecule has 134 valence electrons. The minimum absolute atomic E-state index is 0.0833. The second-order valence-corrected chi connectivity index (χ2v) is 6.16. The zero-order chi connectivity index (χ0) is 18.4. The zero-order valence-corrected chi connectivity index (χ0v) is 14.3. The van der Waals surface area contributed by atoms with Crippen LogP contribution in [0.2, 0.25) is 0 Å². The molecule has 1 N–H and O–H groups in total. The molecule has 0 spiro atoms. The van der Waals surface area contributed by atoms with Crippen LogP contribution in [0.5, 0.6) is 11.5 Å². The second-order valence-electron chi connectivity index (χ2n) is 5.25. The van der Waals surface area contributed by atoms with Crippen LogP contribution in [0, 0.1) is 0 Å². The Labute approximate surface area is 153 Å². The summed E-state index contributed by atoms with van der Waals surface area (Å²) in [7, 11) is 0. The highest BCUT2D eigenvalue weighted by Gasteiger charge is 2.14. The third-order valence-corrected chi connectivity index (χ3v) is 4.36. The fraction of sp³-hybridized carbons (Fsp3) is 0.105. The Hall–Kier alpha value is -2.93. The van der Waals surface area contributed by atoms with Crippen molar-refractivity contribution < 1.29 is 23.0 Å². The van der Waals surface area contributed by atoms with Crippen molar-refractivity contribution >= 4 is 22.9 Å². The Balaban J connectivity index is 1.63. The standard InChI is InChI=1S/C19H15F2NO3S/c20-19(21)25-16-9-5-4-8-15(16)22-18(23)17-10-13(12-26-17)11-24-14-6-2-1-3-7-14/h1-10,12,19H,11H2,(H,22,23). The smallest absolute Gasteiger partial charge is 0.387 e. The predicted molar refractivity (Wildman–Crippen MR) is 96.1 cm³/mol. The molecule has 0 aliphatic heterocycles. The van der Waals surface area contributed by atoms with Crippen molar-refractivity contribution in [1.29, 1.82) is 0 Å². The van der Waals surface area contributed by atoms with Crippen molar-refractivity contribution in [2.24, 2.45) is 0 Å². The van der Waals surface area contributed by atoms with Gasteiger partial charge in [-0.2, -0.15) is 8.78 Å². The summed E-state index contributed by atoms with van der Waals surface area (Å²) in [5, 5.41) is 4.41. The summed E-state index contributed by atoms with van der Waals surface area (Å²) >= 11 is 1.25. The molecule has 1 aromatic heterocycles. The van der Waals surface area contributed by atoms with Gasteiger partial charge in [-0.05, 0) is 35.7 Å². The largest absolute Gasteiger partial charge is 0.489 e. The average Bonchev–Trinajstić information content (AvgIpc) is 3.11. The van der Waals surface area contributed by atoms with Crippen molar-refractivity contribution in [2.75, 3.05) is 5.32 Å². The number of ether oxygens (including phenoxy) is 2. The van der Waals surface area contributed by atoms with Gasteiger partial charge in [0.2, 0.25) is 0 Å². The number of carbonyl (C=O) groups excluding carboxylic acids is 1. The van der Waals surface area contributed by atoms with Crippen LogP contribution < -0.4 is 14.8 Å². The molecule has 7 heteroatoms. The Morgan fingerprint density at radius 1 is 1.08 bits per heavy atom. The summed E-state index contributed by atoms with van der Waals surface area (Å²) in [5.41, 5.74) is 1.04. The molecule has 0 atom stereocenters. The first kappa shape index (κ1) is 17.9. The van der Waals surface area contributed by atoms with E-state index in [0.29, 0.717) is 11.5 Å². The molecule has 0 saturated carbocycles. The number of alkyl halides is 2. The molecule has 0 aliphatic rings. The van der Waals surface area contributed by atoms with Crippen LogP contribution in [-0.2, 0) is 6.61 Å². The topological polar surface area (TPSA) is 47.6 Å². The van der Waals surface area contributed by atoms with Gasteiger partial charge in [0.25, 0.3) is 5.91 Å². The first-order valence-electron chi connectivity index (χ1n) is 7.72. The van der Waals surface area contributed by atoms with Crippen LogP contribution in [0.3, 0.4) is 0 Å². The fourth-order valence-electron chi connectivity index (χ4n) is 2.21. The van der Waals surface area contributed by atoms with E-state index in [2.05, 4.69) is 10.1 Å². The predicted octanol–water partition coefficient (Wildman–Crippen LogP) is 5.18. The number of hydrogen-bond donors (Lipinski definition) is 1. The summed E-state index contributed by atoms with van der Waals surface area (Å²) < 4.78 is 34.9. The molecule has 1 amide bonds. The minimum Gasteiger partial charge on any atom is -0.489 e. The molecule has 2 aromatic carbocycles. The highest BCUT2D eigenvalue weighted by molar-refractivity contribution is 7.12. The third-order valence-electron chi connectivity index (χ3n) is 3.38. The van der Waals surface area contributed by atoms with Gasteiger partial charge in [-0.25, -0.2) is 0 Å².